The first-order chi connectivity index (χ1) is 13.4. The third kappa shape index (κ3) is 7.40. The van der Waals surface area contributed by atoms with E-state index in [9.17, 15) is 19.8 Å². The van der Waals surface area contributed by atoms with Gasteiger partial charge in [0, 0.05) is 23.8 Å². The van der Waals surface area contributed by atoms with Gasteiger partial charge in [-0.3, -0.25) is 9.59 Å². The molecule has 2 aliphatic heterocycles. The molecule has 9 heteroatoms. The lowest BCUT2D eigenvalue weighted by molar-refractivity contribution is -0.198. The second-order valence-corrected chi connectivity index (χ2v) is 10.2. The van der Waals surface area contributed by atoms with Gasteiger partial charge in [-0.25, -0.2) is 0 Å². The predicted octanol–water partition coefficient (Wildman–Crippen LogP) is 2.04. The highest BCUT2D eigenvalue weighted by Gasteiger charge is 2.43. The second kappa shape index (κ2) is 12.3. The lowest BCUT2D eigenvalue weighted by Crippen LogP contribution is -2.63. The fourth-order valence-corrected chi connectivity index (χ4v) is 6.46. The van der Waals surface area contributed by atoms with E-state index in [-0.39, 0.29) is 18.5 Å². The zero-order valence-corrected chi connectivity index (χ0v) is 18.3. The monoisotopic (exact) mass is 435 g/mol. The number of hydrogen-bond acceptors (Lipinski definition) is 8. The third-order valence-corrected chi connectivity index (χ3v) is 8.10. The predicted molar refractivity (Wildman–Crippen MR) is 111 cm³/mol. The standard InChI is InChI=1S/C19H33NO6S2/c1-3-6-15(21)20-17-12(2)26-14(18(23)19(17)24)11-25-16(22)8-5-4-7-13-9-10-27-28-13/h12-14,17-19,23-24H,3-11H2,1-2H3,(H,20,21)/t12?,13?,14-,17+,18-,19-/m1/s1. The smallest absolute Gasteiger partial charge is 0.305 e. The summed E-state index contributed by atoms with van der Waals surface area (Å²) in [4.78, 5) is 23.7. The quantitative estimate of drug-likeness (QED) is 0.272. The molecular formula is C19H33NO6S2. The maximum atomic E-state index is 11.9. The van der Waals surface area contributed by atoms with E-state index < -0.39 is 30.5 Å². The minimum absolute atomic E-state index is 0.105. The molecule has 0 aromatic carbocycles. The first-order valence-electron chi connectivity index (χ1n) is 10.2. The number of carbonyl (C=O) groups excluding carboxylic acids is 2. The van der Waals surface area contributed by atoms with Crippen LogP contribution in [0.25, 0.3) is 0 Å². The van der Waals surface area contributed by atoms with Crippen molar-refractivity contribution in [1.82, 2.24) is 5.32 Å². The molecule has 0 aliphatic carbocycles. The minimum atomic E-state index is -1.23. The van der Waals surface area contributed by atoms with E-state index in [1.54, 1.807) is 6.92 Å². The lowest BCUT2D eigenvalue weighted by atomic mass is 9.93. The van der Waals surface area contributed by atoms with Crippen LogP contribution in [0.3, 0.4) is 0 Å². The number of esters is 1. The van der Waals surface area contributed by atoms with E-state index in [0.29, 0.717) is 24.5 Å². The van der Waals surface area contributed by atoms with Crippen LogP contribution < -0.4 is 5.32 Å². The highest BCUT2D eigenvalue weighted by molar-refractivity contribution is 8.77. The zero-order valence-electron chi connectivity index (χ0n) is 16.7. The zero-order chi connectivity index (χ0) is 20.5. The van der Waals surface area contributed by atoms with Gasteiger partial charge in [0.15, 0.2) is 0 Å². The van der Waals surface area contributed by atoms with Crippen molar-refractivity contribution < 1.29 is 29.3 Å². The molecule has 1 amide bonds. The average Bonchev–Trinajstić information content (AvgIpc) is 3.18. The summed E-state index contributed by atoms with van der Waals surface area (Å²) in [5.41, 5.74) is 0. The Balaban J connectivity index is 1.67. The summed E-state index contributed by atoms with van der Waals surface area (Å²) < 4.78 is 10.9. The van der Waals surface area contributed by atoms with Gasteiger partial charge in [-0.1, -0.05) is 34.9 Å². The Morgan fingerprint density at radius 3 is 2.68 bits per heavy atom. The minimum Gasteiger partial charge on any atom is -0.463 e. The number of nitrogens with one attached hydrogen (secondary N) is 1. The molecule has 3 N–H and O–H groups in total. The highest BCUT2D eigenvalue weighted by atomic mass is 33.1. The molecule has 2 aliphatic rings. The SMILES string of the molecule is CCCC(=O)N[C@H]1C(C)O[C@H](COC(=O)CCCCC2CCSS2)[C@@H](O)[C@@H]1O. The fraction of sp³-hybridized carbons (Fsp3) is 0.895. The number of aliphatic hydroxyl groups excluding tert-OH is 2. The number of aliphatic hydroxyl groups is 2. The molecule has 6 atom stereocenters. The Hall–Kier alpha value is -0.480. The fourth-order valence-electron chi connectivity index (χ4n) is 3.43. The van der Waals surface area contributed by atoms with Crippen molar-refractivity contribution in [3.63, 3.8) is 0 Å². The molecule has 7 nitrogen and oxygen atoms in total. The Labute approximate surface area is 175 Å². The van der Waals surface area contributed by atoms with Crippen molar-refractivity contribution >= 4 is 33.5 Å². The van der Waals surface area contributed by atoms with Crippen LogP contribution in [0, 0.1) is 0 Å². The molecule has 0 bridgehead atoms. The summed E-state index contributed by atoms with van der Waals surface area (Å²) in [5.74, 6) is 0.715. The van der Waals surface area contributed by atoms with Gasteiger partial charge in [-0.2, -0.15) is 0 Å². The van der Waals surface area contributed by atoms with E-state index in [0.717, 1.165) is 19.3 Å². The van der Waals surface area contributed by atoms with Crippen LogP contribution in [-0.4, -0.2) is 70.2 Å². The highest BCUT2D eigenvalue weighted by Crippen LogP contribution is 2.39. The number of amides is 1. The van der Waals surface area contributed by atoms with Crippen molar-refractivity contribution in [1.29, 1.82) is 0 Å². The normalized spacial score (nSPS) is 32.9. The Kier molecular flexibility index (Phi) is 10.4. The molecule has 28 heavy (non-hydrogen) atoms. The number of unbranched alkanes of at least 4 members (excludes halogenated alkanes) is 1. The van der Waals surface area contributed by atoms with E-state index in [4.69, 9.17) is 9.47 Å². The van der Waals surface area contributed by atoms with Crippen molar-refractivity contribution in [3.8, 4) is 0 Å². The van der Waals surface area contributed by atoms with E-state index >= 15 is 0 Å². The number of ether oxygens (including phenoxy) is 2. The van der Waals surface area contributed by atoms with Crippen molar-refractivity contribution in [2.75, 3.05) is 12.4 Å². The van der Waals surface area contributed by atoms with E-state index in [1.807, 2.05) is 28.5 Å². The van der Waals surface area contributed by atoms with Crippen molar-refractivity contribution in [2.45, 2.75) is 94.5 Å². The molecule has 2 heterocycles. The number of carbonyl (C=O) groups is 2. The van der Waals surface area contributed by atoms with Gasteiger partial charge in [0.2, 0.25) is 5.91 Å². The molecule has 2 fully saturated rings. The Morgan fingerprint density at radius 1 is 1.21 bits per heavy atom. The van der Waals surface area contributed by atoms with Crippen LogP contribution in [0.1, 0.15) is 58.8 Å². The molecular weight excluding hydrogens is 402 g/mol. The van der Waals surface area contributed by atoms with Crippen LogP contribution in [0.2, 0.25) is 0 Å². The summed E-state index contributed by atoms with van der Waals surface area (Å²) >= 11 is 0. The maximum Gasteiger partial charge on any atom is 0.305 e. The average molecular weight is 436 g/mol. The molecule has 2 rings (SSSR count). The summed E-state index contributed by atoms with van der Waals surface area (Å²) in [6.07, 6.45) is 1.87. The number of rotatable bonds is 10. The van der Waals surface area contributed by atoms with Crippen LogP contribution in [0.15, 0.2) is 0 Å². The molecule has 0 saturated carbocycles. The molecule has 162 valence electrons. The summed E-state index contributed by atoms with van der Waals surface area (Å²) in [5, 5.41) is 24.1. The van der Waals surface area contributed by atoms with E-state index in [1.165, 1.54) is 12.2 Å². The largest absolute Gasteiger partial charge is 0.463 e. The van der Waals surface area contributed by atoms with Gasteiger partial charge in [0.25, 0.3) is 0 Å². The Bertz CT molecular complexity index is 503. The van der Waals surface area contributed by atoms with Crippen LogP contribution in [-0.2, 0) is 19.1 Å². The van der Waals surface area contributed by atoms with Crippen LogP contribution >= 0.6 is 21.6 Å². The van der Waals surface area contributed by atoms with E-state index in [2.05, 4.69) is 5.32 Å². The maximum absolute atomic E-state index is 11.9. The van der Waals surface area contributed by atoms with Gasteiger partial charge < -0.3 is 25.0 Å². The summed E-state index contributed by atoms with van der Waals surface area (Å²) in [6, 6.07) is -0.687. The molecule has 0 aromatic heterocycles. The van der Waals surface area contributed by atoms with Gasteiger partial charge in [-0.15, -0.1) is 0 Å². The Morgan fingerprint density at radius 2 is 2.00 bits per heavy atom. The van der Waals surface area contributed by atoms with Crippen LogP contribution in [0.5, 0.6) is 0 Å². The first kappa shape index (κ1) is 23.8. The molecule has 2 unspecified atom stereocenters. The molecule has 2 saturated heterocycles. The molecule has 0 radical (unpaired) electrons. The summed E-state index contributed by atoms with van der Waals surface area (Å²) in [6.45, 7) is 3.51. The molecule has 0 aromatic rings. The van der Waals surface area contributed by atoms with Crippen LogP contribution in [0.4, 0.5) is 0 Å². The van der Waals surface area contributed by atoms with Gasteiger partial charge >= 0.3 is 5.97 Å². The second-order valence-electron chi connectivity index (χ2n) is 7.46. The van der Waals surface area contributed by atoms with Gasteiger partial charge in [0.1, 0.15) is 24.9 Å². The molecule has 0 spiro atoms. The lowest BCUT2D eigenvalue weighted by Gasteiger charge is -2.41. The topological polar surface area (TPSA) is 105 Å². The number of hydrogen-bond donors (Lipinski definition) is 3. The van der Waals surface area contributed by atoms with Crippen molar-refractivity contribution in [2.24, 2.45) is 0 Å². The summed E-state index contributed by atoms with van der Waals surface area (Å²) in [7, 11) is 3.86. The van der Waals surface area contributed by atoms with Gasteiger partial charge in [-0.05, 0) is 32.6 Å². The van der Waals surface area contributed by atoms with Crippen molar-refractivity contribution in [3.05, 3.63) is 0 Å². The van der Waals surface area contributed by atoms with Gasteiger partial charge in [0.05, 0.1) is 12.1 Å². The third-order valence-electron chi connectivity index (χ3n) is 5.09. The first-order valence-corrected chi connectivity index (χ1v) is 12.6.